The standard InChI is InChI=1S/C23H19BrClN3O4/c1-23(2,32-15-8-6-14(24)7-9-15)22(29)27-17-12-13(11-16(25)19(17)30-3)21-28-20-18(31-21)5-4-10-26-20/h4-12H,1-3H3,(H,27,29). The van der Waals surface area contributed by atoms with E-state index in [9.17, 15) is 4.79 Å². The average Bonchev–Trinajstić information content (AvgIpc) is 3.19. The highest BCUT2D eigenvalue weighted by Gasteiger charge is 2.31. The van der Waals surface area contributed by atoms with Gasteiger partial charge in [-0.2, -0.15) is 4.98 Å². The molecule has 2 aromatic carbocycles. The number of nitrogens with zero attached hydrogens (tertiary/aromatic N) is 2. The van der Waals surface area contributed by atoms with Crippen LogP contribution in [-0.4, -0.2) is 28.6 Å². The van der Waals surface area contributed by atoms with Gasteiger partial charge in [-0.1, -0.05) is 27.5 Å². The van der Waals surface area contributed by atoms with E-state index >= 15 is 0 Å². The predicted octanol–water partition coefficient (Wildman–Crippen LogP) is 6.11. The van der Waals surface area contributed by atoms with E-state index in [1.54, 1.807) is 56.4 Å². The highest BCUT2D eigenvalue weighted by atomic mass is 79.9. The number of rotatable bonds is 6. The molecule has 0 radical (unpaired) electrons. The van der Waals surface area contributed by atoms with Crippen molar-refractivity contribution in [3.8, 4) is 23.0 Å². The van der Waals surface area contributed by atoms with Crippen LogP contribution >= 0.6 is 27.5 Å². The fourth-order valence-electron chi connectivity index (χ4n) is 3.03. The third-order valence-corrected chi connectivity index (χ3v) is 5.45. The molecule has 32 heavy (non-hydrogen) atoms. The second-order valence-corrected chi connectivity index (χ2v) is 8.73. The maximum atomic E-state index is 13.1. The van der Waals surface area contributed by atoms with E-state index in [-0.39, 0.29) is 5.91 Å². The highest BCUT2D eigenvalue weighted by molar-refractivity contribution is 9.10. The van der Waals surface area contributed by atoms with Gasteiger partial charge in [-0.05, 0) is 62.4 Å². The number of amides is 1. The number of fused-ring (bicyclic) bond motifs is 1. The molecule has 7 nitrogen and oxygen atoms in total. The molecule has 0 saturated carbocycles. The van der Waals surface area contributed by atoms with E-state index in [0.29, 0.717) is 44.9 Å². The molecule has 0 aliphatic carbocycles. The Bertz CT molecular complexity index is 1260. The monoisotopic (exact) mass is 515 g/mol. The molecule has 2 heterocycles. The molecule has 9 heteroatoms. The van der Waals surface area contributed by atoms with Crippen LogP contribution in [0.25, 0.3) is 22.7 Å². The molecule has 4 aromatic rings. The van der Waals surface area contributed by atoms with Gasteiger partial charge in [0.15, 0.2) is 22.6 Å². The van der Waals surface area contributed by atoms with Crippen molar-refractivity contribution in [2.45, 2.75) is 19.4 Å². The van der Waals surface area contributed by atoms with Crippen molar-refractivity contribution >= 4 is 50.4 Å². The lowest BCUT2D eigenvalue weighted by Crippen LogP contribution is -2.42. The zero-order valence-electron chi connectivity index (χ0n) is 17.5. The number of anilines is 1. The van der Waals surface area contributed by atoms with Crippen LogP contribution in [0.4, 0.5) is 5.69 Å². The maximum absolute atomic E-state index is 13.1. The van der Waals surface area contributed by atoms with E-state index in [2.05, 4.69) is 31.2 Å². The first-order chi connectivity index (χ1) is 15.3. The SMILES string of the molecule is COc1c(Cl)cc(-c2nc3ncccc3o2)cc1NC(=O)C(C)(C)Oc1ccc(Br)cc1. The third-order valence-electron chi connectivity index (χ3n) is 4.64. The molecule has 0 saturated heterocycles. The Balaban J connectivity index is 1.64. The zero-order chi connectivity index (χ0) is 22.9. The number of ether oxygens (including phenoxy) is 2. The topological polar surface area (TPSA) is 86.5 Å². The predicted molar refractivity (Wildman–Crippen MR) is 126 cm³/mol. The largest absolute Gasteiger partial charge is 0.493 e. The molecule has 1 amide bonds. The van der Waals surface area contributed by atoms with Gasteiger partial charge in [0, 0.05) is 16.2 Å². The number of oxazole rings is 1. The van der Waals surface area contributed by atoms with Gasteiger partial charge < -0.3 is 19.2 Å². The number of carbonyl (C=O) groups excluding carboxylic acids is 1. The first-order valence-electron chi connectivity index (χ1n) is 9.62. The summed E-state index contributed by atoms with van der Waals surface area (Å²) in [7, 11) is 1.48. The number of nitrogens with one attached hydrogen (secondary N) is 1. The van der Waals surface area contributed by atoms with E-state index in [0.717, 1.165) is 4.47 Å². The molecule has 1 N–H and O–H groups in total. The smallest absolute Gasteiger partial charge is 0.268 e. The van der Waals surface area contributed by atoms with Gasteiger partial charge in [-0.25, -0.2) is 4.98 Å². The number of hydrogen-bond donors (Lipinski definition) is 1. The van der Waals surface area contributed by atoms with E-state index in [1.807, 2.05) is 12.1 Å². The Labute approximate surface area is 197 Å². The van der Waals surface area contributed by atoms with Crippen LogP contribution in [0.2, 0.25) is 5.02 Å². The van der Waals surface area contributed by atoms with Crippen LogP contribution in [0.5, 0.6) is 11.5 Å². The molecule has 0 aliphatic heterocycles. The van der Waals surface area contributed by atoms with E-state index in [1.165, 1.54) is 7.11 Å². The third kappa shape index (κ3) is 4.56. The molecule has 2 aromatic heterocycles. The number of carbonyl (C=O) groups is 1. The molecular formula is C23H19BrClN3O4. The minimum atomic E-state index is -1.18. The number of halogens is 2. The second kappa shape index (κ2) is 8.80. The number of hydrogen-bond acceptors (Lipinski definition) is 6. The lowest BCUT2D eigenvalue weighted by molar-refractivity contribution is -0.128. The molecule has 0 spiro atoms. The van der Waals surface area contributed by atoms with Gasteiger partial charge in [0.25, 0.3) is 5.91 Å². The second-order valence-electron chi connectivity index (χ2n) is 7.40. The van der Waals surface area contributed by atoms with Gasteiger partial charge in [0.2, 0.25) is 5.89 Å². The van der Waals surface area contributed by atoms with E-state index < -0.39 is 5.60 Å². The van der Waals surface area contributed by atoms with Crippen molar-refractivity contribution in [1.29, 1.82) is 0 Å². The lowest BCUT2D eigenvalue weighted by atomic mass is 10.1. The Hall–Kier alpha value is -3.10. The quantitative estimate of drug-likeness (QED) is 0.333. The van der Waals surface area contributed by atoms with Gasteiger partial charge >= 0.3 is 0 Å². The van der Waals surface area contributed by atoms with Gasteiger partial charge in [-0.15, -0.1) is 0 Å². The minimum Gasteiger partial charge on any atom is -0.493 e. The molecule has 0 aliphatic rings. The molecule has 4 rings (SSSR count). The normalized spacial score (nSPS) is 11.4. The van der Waals surface area contributed by atoms with Crippen LogP contribution in [0, 0.1) is 0 Å². The van der Waals surface area contributed by atoms with Crippen LogP contribution in [-0.2, 0) is 4.79 Å². The lowest BCUT2D eigenvalue weighted by Gasteiger charge is -2.26. The zero-order valence-corrected chi connectivity index (χ0v) is 19.8. The van der Waals surface area contributed by atoms with Crippen LogP contribution in [0.1, 0.15) is 13.8 Å². The molecule has 0 atom stereocenters. The minimum absolute atomic E-state index is 0.294. The Kier molecular flexibility index (Phi) is 6.08. The van der Waals surface area contributed by atoms with Crippen LogP contribution in [0.3, 0.4) is 0 Å². The van der Waals surface area contributed by atoms with Gasteiger partial charge in [0.05, 0.1) is 17.8 Å². The summed E-state index contributed by atoms with van der Waals surface area (Å²) in [4.78, 5) is 21.7. The van der Waals surface area contributed by atoms with Gasteiger partial charge in [-0.3, -0.25) is 4.79 Å². The molecular weight excluding hydrogens is 498 g/mol. The highest BCUT2D eigenvalue weighted by Crippen LogP contribution is 2.38. The van der Waals surface area contributed by atoms with Crippen molar-refractivity contribution in [1.82, 2.24) is 9.97 Å². The Morgan fingerprint density at radius 2 is 1.94 bits per heavy atom. The van der Waals surface area contributed by atoms with Crippen molar-refractivity contribution < 1.29 is 18.7 Å². The maximum Gasteiger partial charge on any atom is 0.268 e. The molecule has 0 unspecified atom stereocenters. The number of aromatic nitrogens is 2. The average molecular weight is 517 g/mol. The summed E-state index contributed by atoms with van der Waals surface area (Å²) in [5, 5.41) is 3.14. The first-order valence-corrected chi connectivity index (χ1v) is 10.8. The van der Waals surface area contributed by atoms with Crippen molar-refractivity contribution in [2.75, 3.05) is 12.4 Å². The molecule has 0 fully saturated rings. The van der Waals surface area contributed by atoms with Crippen molar-refractivity contribution in [3.63, 3.8) is 0 Å². The number of benzene rings is 2. The summed E-state index contributed by atoms with van der Waals surface area (Å²) in [6, 6.07) is 14.1. The molecule has 0 bridgehead atoms. The molecule has 164 valence electrons. The van der Waals surface area contributed by atoms with Crippen molar-refractivity contribution in [2.24, 2.45) is 0 Å². The Morgan fingerprint density at radius 1 is 1.19 bits per heavy atom. The van der Waals surface area contributed by atoms with E-state index in [4.69, 9.17) is 25.5 Å². The summed E-state index contributed by atoms with van der Waals surface area (Å²) in [6.07, 6.45) is 1.63. The summed E-state index contributed by atoms with van der Waals surface area (Å²) >= 11 is 9.81. The fourth-order valence-corrected chi connectivity index (χ4v) is 3.59. The first kappa shape index (κ1) is 22.1. The summed E-state index contributed by atoms with van der Waals surface area (Å²) < 4.78 is 18.0. The summed E-state index contributed by atoms with van der Waals surface area (Å²) in [6.45, 7) is 3.35. The summed E-state index contributed by atoms with van der Waals surface area (Å²) in [5.41, 5.74) is 0.773. The summed E-state index contributed by atoms with van der Waals surface area (Å²) in [5.74, 6) is 0.818. The number of pyridine rings is 1. The van der Waals surface area contributed by atoms with Crippen LogP contribution < -0.4 is 14.8 Å². The van der Waals surface area contributed by atoms with Crippen LogP contribution in [0.15, 0.2) is 63.6 Å². The van der Waals surface area contributed by atoms with Gasteiger partial charge in [0.1, 0.15) is 5.75 Å². The Morgan fingerprint density at radius 3 is 2.62 bits per heavy atom. The van der Waals surface area contributed by atoms with Crippen molar-refractivity contribution in [3.05, 3.63) is 64.2 Å². The number of methoxy groups -OCH3 is 1. The fraction of sp³-hybridized carbons (Fsp3) is 0.174.